The van der Waals surface area contributed by atoms with Gasteiger partial charge in [0.1, 0.15) is 0 Å². The molecule has 3 heteroatoms. The van der Waals surface area contributed by atoms with Crippen LogP contribution in [0, 0.1) is 0 Å². The number of hydrogen-bond donors (Lipinski definition) is 1. The van der Waals surface area contributed by atoms with Gasteiger partial charge in [0.05, 0.1) is 0 Å². The van der Waals surface area contributed by atoms with Crippen LogP contribution in [0.3, 0.4) is 0 Å². The second-order valence-corrected chi connectivity index (χ2v) is 4.98. The molecule has 0 unspecified atom stereocenters. The predicted molar refractivity (Wildman–Crippen MR) is 72.1 cm³/mol. The zero-order valence-corrected chi connectivity index (χ0v) is 11.0. The van der Waals surface area contributed by atoms with E-state index in [4.69, 9.17) is 0 Å². The zero-order valence-electron chi connectivity index (χ0n) is 11.0. The summed E-state index contributed by atoms with van der Waals surface area (Å²) in [5, 5.41) is 3.44. The molecule has 1 fully saturated rings. The van der Waals surface area contributed by atoms with Crippen molar-refractivity contribution in [2.24, 2.45) is 0 Å². The maximum absolute atomic E-state index is 3.44. The molecule has 1 N–H and O–H groups in total. The number of likely N-dealkylation sites (tertiary alicyclic amines) is 1. The first-order chi connectivity index (χ1) is 8.38. The van der Waals surface area contributed by atoms with Crippen LogP contribution in [0.2, 0.25) is 0 Å². The van der Waals surface area contributed by atoms with Crippen molar-refractivity contribution >= 4 is 0 Å². The zero-order chi connectivity index (χ0) is 11.9. The average molecular weight is 235 g/mol. The molecule has 1 aromatic heterocycles. The molecule has 0 radical (unpaired) electrons. The summed E-state index contributed by atoms with van der Waals surface area (Å²) in [6.45, 7) is 9.25. The van der Waals surface area contributed by atoms with Crippen LogP contribution < -0.4 is 5.32 Å². The van der Waals surface area contributed by atoms with Gasteiger partial charge in [-0.2, -0.15) is 0 Å². The summed E-state index contributed by atoms with van der Waals surface area (Å²) < 4.78 is 2.32. The molecule has 0 spiro atoms. The monoisotopic (exact) mass is 235 g/mol. The summed E-state index contributed by atoms with van der Waals surface area (Å²) in [4.78, 5) is 2.56. The Bertz CT molecular complexity index is 313. The Kier molecular flexibility index (Phi) is 5.08. The van der Waals surface area contributed by atoms with Crippen LogP contribution in [0.15, 0.2) is 18.5 Å². The van der Waals surface area contributed by atoms with Gasteiger partial charge >= 0.3 is 0 Å². The van der Waals surface area contributed by atoms with Gasteiger partial charge < -0.3 is 14.8 Å². The van der Waals surface area contributed by atoms with E-state index in [1.807, 2.05) is 0 Å². The highest BCUT2D eigenvalue weighted by molar-refractivity contribution is 5.09. The van der Waals surface area contributed by atoms with E-state index in [1.54, 1.807) is 0 Å². The molecule has 17 heavy (non-hydrogen) atoms. The molecule has 2 rings (SSSR count). The molecule has 1 aromatic rings. The van der Waals surface area contributed by atoms with Crippen molar-refractivity contribution in [1.29, 1.82) is 0 Å². The Hall–Kier alpha value is -0.800. The minimum Gasteiger partial charge on any atom is -0.353 e. The van der Waals surface area contributed by atoms with Gasteiger partial charge in [0.25, 0.3) is 0 Å². The smallest absolute Gasteiger partial charge is 0.0347 e. The van der Waals surface area contributed by atoms with E-state index in [0.29, 0.717) is 0 Å². The Morgan fingerprint density at radius 3 is 2.82 bits per heavy atom. The highest BCUT2D eigenvalue weighted by atomic mass is 15.2. The van der Waals surface area contributed by atoms with Gasteiger partial charge in [0.15, 0.2) is 0 Å². The maximum atomic E-state index is 3.44. The maximum Gasteiger partial charge on any atom is 0.0347 e. The first-order valence-corrected chi connectivity index (χ1v) is 6.96. The highest BCUT2D eigenvalue weighted by Gasteiger charge is 2.10. The lowest BCUT2D eigenvalue weighted by molar-refractivity contribution is 0.322. The minimum atomic E-state index is 1.00. The summed E-state index contributed by atoms with van der Waals surface area (Å²) in [7, 11) is 0. The summed E-state index contributed by atoms with van der Waals surface area (Å²) in [5.74, 6) is 0. The summed E-state index contributed by atoms with van der Waals surface area (Å²) in [5.41, 5.74) is 1.40. The molecule has 0 aliphatic carbocycles. The van der Waals surface area contributed by atoms with E-state index in [9.17, 15) is 0 Å². The topological polar surface area (TPSA) is 20.2 Å². The lowest BCUT2D eigenvalue weighted by Crippen LogP contribution is -2.23. The van der Waals surface area contributed by atoms with Crippen LogP contribution in [0.4, 0.5) is 0 Å². The van der Waals surface area contributed by atoms with Gasteiger partial charge in [0, 0.05) is 32.0 Å². The summed E-state index contributed by atoms with van der Waals surface area (Å²) in [6.07, 6.45) is 8.46. The van der Waals surface area contributed by atoms with Gasteiger partial charge in [-0.05, 0) is 50.5 Å². The van der Waals surface area contributed by atoms with Gasteiger partial charge in [-0.1, -0.05) is 6.92 Å². The SMILES string of the molecule is CCCNCc1ccn(CCN2CCCC2)c1. The standard InChI is InChI=1S/C14H25N3/c1-2-6-15-12-14-5-9-17(13-14)11-10-16-7-3-4-8-16/h5,9,13,15H,2-4,6-8,10-12H2,1H3. The lowest BCUT2D eigenvalue weighted by Gasteiger charge is -2.14. The van der Waals surface area contributed by atoms with E-state index >= 15 is 0 Å². The van der Waals surface area contributed by atoms with Crippen molar-refractivity contribution in [3.63, 3.8) is 0 Å². The van der Waals surface area contributed by atoms with E-state index in [1.165, 1.54) is 44.5 Å². The van der Waals surface area contributed by atoms with Gasteiger partial charge in [-0.25, -0.2) is 0 Å². The van der Waals surface area contributed by atoms with Crippen molar-refractivity contribution in [2.75, 3.05) is 26.2 Å². The molecule has 0 amide bonds. The Morgan fingerprint density at radius 1 is 1.24 bits per heavy atom. The molecule has 0 saturated carbocycles. The molecule has 1 aliphatic rings. The predicted octanol–water partition coefficient (Wildman–Crippen LogP) is 2.08. The largest absolute Gasteiger partial charge is 0.353 e. The molecular formula is C14H25N3. The van der Waals surface area contributed by atoms with E-state index in [2.05, 4.69) is 40.2 Å². The van der Waals surface area contributed by atoms with Crippen molar-refractivity contribution in [3.05, 3.63) is 24.0 Å². The van der Waals surface area contributed by atoms with Crippen molar-refractivity contribution in [1.82, 2.24) is 14.8 Å². The first kappa shape index (κ1) is 12.7. The number of rotatable bonds is 7. The fourth-order valence-corrected chi connectivity index (χ4v) is 2.41. The van der Waals surface area contributed by atoms with Gasteiger partial charge in [0.2, 0.25) is 0 Å². The van der Waals surface area contributed by atoms with Crippen molar-refractivity contribution in [2.45, 2.75) is 39.3 Å². The van der Waals surface area contributed by atoms with Crippen molar-refractivity contribution in [3.8, 4) is 0 Å². The van der Waals surface area contributed by atoms with Crippen LogP contribution in [0.25, 0.3) is 0 Å². The second-order valence-electron chi connectivity index (χ2n) is 4.98. The fourth-order valence-electron chi connectivity index (χ4n) is 2.41. The van der Waals surface area contributed by atoms with E-state index < -0.39 is 0 Å². The van der Waals surface area contributed by atoms with Gasteiger partial charge in [-0.3, -0.25) is 0 Å². The third kappa shape index (κ3) is 4.17. The first-order valence-electron chi connectivity index (χ1n) is 6.96. The average Bonchev–Trinajstić information content (AvgIpc) is 2.98. The Morgan fingerprint density at radius 2 is 2.06 bits per heavy atom. The van der Waals surface area contributed by atoms with Crippen LogP contribution >= 0.6 is 0 Å². The molecule has 0 atom stereocenters. The number of hydrogen-bond acceptors (Lipinski definition) is 2. The van der Waals surface area contributed by atoms with E-state index in [-0.39, 0.29) is 0 Å². The fraction of sp³-hybridized carbons (Fsp3) is 0.714. The lowest BCUT2D eigenvalue weighted by atomic mass is 10.3. The molecule has 0 aromatic carbocycles. The summed E-state index contributed by atoms with van der Waals surface area (Å²) >= 11 is 0. The molecule has 96 valence electrons. The molecule has 1 aliphatic heterocycles. The van der Waals surface area contributed by atoms with Crippen molar-refractivity contribution < 1.29 is 0 Å². The highest BCUT2D eigenvalue weighted by Crippen LogP contribution is 2.08. The Labute approximate surface area is 105 Å². The third-order valence-electron chi connectivity index (χ3n) is 3.44. The molecule has 0 bridgehead atoms. The van der Waals surface area contributed by atoms with Crippen LogP contribution in [-0.2, 0) is 13.1 Å². The van der Waals surface area contributed by atoms with Crippen LogP contribution in [0.5, 0.6) is 0 Å². The Balaban J connectivity index is 1.69. The van der Waals surface area contributed by atoms with Crippen LogP contribution in [-0.4, -0.2) is 35.6 Å². The molecular weight excluding hydrogens is 210 g/mol. The minimum absolute atomic E-state index is 1.00. The van der Waals surface area contributed by atoms with Crippen LogP contribution in [0.1, 0.15) is 31.7 Å². The molecule has 1 saturated heterocycles. The quantitative estimate of drug-likeness (QED) is 0.730. The number of nitrogens with zero attached hydrogens (tertiary/aromatic N) is 2. The normalized spacial score (nSPS) is 16.8. The molecule has 2 heterocycles. The second kappa shape index (κ2) is 6.82. The number of aromatic nitrogens is 1. The van der Waals surface area contributed by atoms with Gasteiger partial charge in [-0.15, -0.1) is 0 Å². The summed E-state index contributed by atoms with van der Waals surface area (Å²) in [6, 6.07) is 2.23. The molecule has 3 nitrogen and oxygen atoms in total. The number of nitrogens with one attached hydrogen (secondary N) is 1. The van der Waals surface area contributed by atoms with E-state index in [0.717, 1.165) is 19.6 Å². The third-order valence-corrected chi connectivity index (χ3v) is 3.44.